The van der Waals surface area contributed by atoms with E-state index in [0.717, 1.165) is 50.1 Å². The van der Waals surface area contributed by atoms with E-state index in [2.05, 4.69) is 63.7 Å². The van der Waals surface area contributed by atoms with Gasteiger partial charge < -0.3 is 24.5 Å². The number of pyridine rings is 1. The lowest BCUT2D eigenvalue weighted by atomic mass is 9.81. The molecule has 286 valence electrons. The van der Waals surface area contributed by atoms with Crippen LogP contribution in [0.2, 0.25) is 0 Å². The van der Waals surface area contributed by atoms with Gasteiger partial charge in [0.2, 0.25) is 0 Å². The summed E-state index contributed by atoms with van der Waals surface area (Å²) in [6.45, 7) is 16.6. The smallest absolute Gasteiger partial charge is 0.295 e. The molecule has 5 rings (SSSR count). The van der Waals surface area contributed by atoms with Crippen LogP contribution in [0.5, 0.6) is 6.01 Å². The molecular weight excluding hydrogens is 690 g/mol. The predicted molar refractivity (Wildman–Crippen MR) is 209 cm³/mol. The zero-order valence-electron chi connectivity index (χ0n) is 32.4. The molecule has 0 aromatic carbocycles. The first-order chi connectivity index (χ1) is 25.2. The lowest BCUT2D eigenvalue weighted by molar-refractivity contribution is -0.0123. The molecule has 4 heterocycles. The zero-order valence-corrected chi connectivity index (χ0v) is 33.2. The Morgan fingerprint density at radius 2 is 1.94 bits per heavy atom. The molecule has 0 bridgehead atoms. The van der Waals surface area contributed by atoms with E-state index in [0.29, 0.717) is 53.3 Å². The number of hydrogen-bond donors (Lipinski definition) is 4. The van der Waals surface area contributed by atoms with Crippen molar-refractivity contribution >= 4 is 34.3 Å². The monoisotopic (exact) mass is 745 g/mol. The van der Waals surface area contributed by atoms with Gasteiger partial charge in [0.25, 0.3) is 6.01 Å². The van der Waals surface area contributed by atoms with Gasteiger partial charge in [-0.05, 0) is 37.7 Å². The quantitative estimate of drug-likeness (QED) is 0.132. The molecule has 0 amide bonds. The summed E-state index contributed by atoms with van der Waals surface area (Å²) in [5.41, 5.74) is 0.148. The Morgan fingerprint density at radius 3 is 2.64 bits per heavy atom. The molecule has 1 aromatic rings. The topological polar surface area (TPSA) is 155 Å². The van der Waals surface area contributed by atoms with Gasteiger partial charge in [-0.2, -0.15) is 10.2 Å². The Labute approximate surface area is 316 Å². The predicted octanol–water partition coefficient (Wildman–Crippen LogP) is 6.78. The van der Waals surface area contributed by atoms with Crippen LogP contribution in [0, 0.1) is 55.8 Å². The number of ether oxygens (including phenoxy) is 2. The highest BCUT2D eigenvalue weighted by atomic mass is 32.2. The third-order valence-corrected chi connectivity index (χ3v) is 11.6. The first kappa shape index (κ1) is 40.4. The van der Waals surface area contributed by atoms with Gasteiger partial charge in [0, 0.05) is 27.6 Å². The number of anilines is 1. The molecule has 3 atom stereocenters. The number of β-amino-alcohol motifs (C(OH)–C–C–N with tert-alkyl or cyclic N) is 1. The Hall–Kier alpha value is -3.79. The van der Waals surface area contributed by atoms with Crippen LogP contribution in [0.1, 0.15) is 99.8 Å². The number of aromatic nitrogens is 3. The summed E-state index contributed by atoms with van der Waals surface area (Å²) in [5.74, 6) is 0.269. The summed E-state index contributed by atoms with van der Waals surface area (Å²) in [6, 6.07) is 4.21. The van der Waals surface area contributed by atoms with Crippen molar-refractivity contribution in [2.45, 2.75) is 110 Å². The Morgan fingerprint density at radius 1 is 1.21 bits per heavy atom. The molecular formula is C41H56FN7O3S. The fourth-order valence-electron chi connectivity index (χ4n) is 7.10. The number of rotatable bonds is 14. The van der Waals surface area contributed by atoms with Crippen molar-refractivity contribution in [3.63, 3.8) is 0 Å². The van der Waals surface area contributed by atoms with Crippen LogP contribution in [0.3, 0.4) is 0 Å². The van der Waals surface area contributed by atoms with Gasteiger partial charge in [-0.3, -0.25) is 15.8 Å². The molecule has 1 saturated heterocycles. The number of thioether (sulfide) groups is 1. The lowest BCUT2D eigenvalue weighted by Crippen LogP contribution is -2.43. The van der Waals surface area contributed by atoms with E-state index in [1.165, 1.54) is 19.3 Å². The number of unbranched alkanes of at least 4 members (excludes halogenated alkanes) is 4. The maximum atomic E-state index is 15.1. The van der Waals surface area contributed by atoms with Gasteiger partial charge in [-0.15, -0.1) is 0 Å². The number of nitriles is 1. The van der Waals surface area contributed by atoms with Crippen molar-refractivity contribution in [3.05, 3.63) is 44.4 Å². The second-order valence-electron chi connectivity index (χ2n) is 15.8. The highest BCUT2D eigenvalue weighted by Crippen LogP contribution is 2.35. The lowest BCUT2D eigenvalue weighted by Gasteiger charge is -2.32. The van der Waals surface area contributed by atoms with E-state index in [4.69, 9.17) is 19.9 Å². The van der Waals surface area contributed by atoms with Crippen LogP contribution in [0.4, 0.5) is 10.2 Å². The third-order valence-electron chi connectivity index (χ3n) is 10.6. The molecule has 12 heteroatoms. The summed E-state index contributed by atoms with van der Waals surface area (Å²) in [4.78, 5) is 15.2. The number of benzene rings is 1. The van der Waals surface area contributed by atoms with Crippen LogP contribution in [0.15, 0.2) is 17.2 Å². The first-order valence-electron chi connectivity index (χ1n) is 19.1. The fourth-order valence-corrected chi connectivity index (χ4v) is 8.01. The fraction of sp³-hybridized carbons (Fsp3) is 0.585. The minimum atomic E-state index is -1.15. The van der Waals surface area contributed by atoms with E-state index in [1.54, 1.807) is 6.92 Å². The summed E-state index contributed by atoms with van der Waals surface area (Å²) < 4.78 is 27.6. The van der Waals surface area contributed by atoms with E-state index in [-0.39, 0.29) is 61.8 Å². The maximum absolute atomic E-state index is 15.1. The Balaban J connectivity index is 1.85. The van der Waals surface area contributed by atoms with Crippen molar-refractivity contribution in [1.82, 2.24) is 15.0 Å². The van der Waals surface area contributed by atoms with Crippen molar-refractivity contribution in [3.8, 4) is 23.3 Å². The summed E-state index contributed by atoms with van der Waals surface area (Å²) >= 11 is 0.895. The molecule has 4 aliphatic rings. The molecule has 3 aliphatic heterocycles. The van der Waals surface area contributed by atoms with Crippen LogP contribution in [-0.2, 0) is 4.74 Å². The standard InChI is InChI=1S/C41H56FN7O3S/c1-8-10-12-13-15-40(6,14-11-9-2)23-52-39-47-31-19-28(35-33-29(20-43)37(45)53-36(33)30(42)21-46-35)34(44)27(18-26(5)25(3)4)32(31)38(48-39)49-16-17-51-24-41(7,50)22-49/h18-19,21,25-26,44-45,50H,8-17,22-24H2,1-7H3,(H,47,48)/b27-18-,35-28+,44-34?,45-37?. The van der Waals surface area contributed by atoms with Gasteiger partial charge in [0.15, 0.2) is 5.82 Å². The Kier molecular flexibility index (Phi) is 13.1. The molecule has 10 nitrogen and oxygen atoms in total. The van der Waals surface area contributed by atoms with Crippen LogP contribution in [0.25, 0.3) is 22.9 Å². The van der Waals surface area contributed by atoms with Crippen molar-refractivity contribution in [1.29, 1.82) is 16.1 Å². The van der Waals surface area contributed by atoms with Gasteiger partial charge in [0.05, 0.1) is 65.0 Å². The second kappa shape index (κ2) is 17.1. The average molecular weight is 746 g/mol. The number of aromatic amines is 1. The minimum absolute atomic E-state index is 0.0353. The second-order valence-corrected chi connectivity index (χ2v) is 16.9. The molecule has 1 fully saturated rings. The number of nitrogens with one attached hydrogen (secondary N) is 3. The number of nitrogens with zero attached hydrogens (tertiary/aromatic N) is 4. The highest BCUT2D eigenvalue weighted by molar-refractivity contribution is 8.15. The zero-order chi connectivity index (χ0) is 38.5. The minimum Gasteiger partial charge on any atom is -0.464 e. The molecule has 0 radical (unpaired) electrons. The van der Waals surface area contributed by atoms with Gasteiger partial charge >= 0.3 is 0 Å². The molecule has 4 N–H and O–H groups in total. The summed E-state index contributed by atoms with van der Waals surface area (Å²) in [7, 11) is 0. The third kappa shape index (κ3) is 9.13. The van der Waals surface area contributed by atoms with Gasteiger partial charge in [-0.25, -0.2) is 4.39 Å². The normalized spacial score (nSPS) is 20.4. The molecule has 3 unspecified atom stereocenters. The van der Waals surface area contributed by atoms with Gasteiger partial charge in [-0.1, -0.05) is 97.9 Å². The molecule has 0 saturated carbocycles. The highest BCUT2D eigenvalue weighted by Gasteiger charge is 2.32. The number of aliphatic hydroxyl groups is 1. The Bertz CT molecular complexity index is 2110. The average Bonchev–Trinajstić information content (AvgIpc) is 3.35. The number of H-pyrrole nitrogens is 1. The van der Waals surface area contributed by atoms with E-state index < -0.39 is 11.4 Å². The van der Waals surface area contributed by atoms with E-state index in [1.807, 2.05) is 11.0 Å². The number of hydrogen-bond acceptors (Lipinski definition) is 10. The maximum Gasteiger partial charge on any atom is 0.295 e. The van der Waals surface area contributed by atoms with Gasteiger partial charge in [0.1, 0.15) is 22.5 Å². The number of fused-ring (bicyclic) bond motifs is 2. The first-order valence-corrected chi connectivity index (χ1v) is 20.0. The molecule has 1 aliphatic carbocycles. The van der Waals surface area contributed by atoms with Crippen LogP contribution in [-0.4, -0.2) is 63.6 Å². The largest absolute Gasteiger partial charge is 0.464 e. The van der Waals surface area contributed by atoms with E-state index >= 15 is 4.39 Å². The van der Waals surface area contributed by atoms with Crippen molar-refractivity contribution < 1.29 is 19.0 Å². The number of halogens is 1. The molecule has 1 aromatic heterocycles. The van der Waals surface area contributed by atoms with Crippen LogP contribution < -0.4 is 25.4 Å². The SMILES string of the molecule is CCCCCCC(C)(CCCC)COc1nc(N2CCOCC(C)(O)C2)c2/c(=C/C(C)C(C)C)c(=N)/c(=c3/ncc(F)c4c3=C(C#N)C(=N)S4)cc-2[nH]1. The van der Waals surface area contributed by atoms with Crippen molar-refractivity contribution in [2.75, 3.05) is 37.8 Å². The summed E-state index contributed by atoms with van der Waals surface area (Å²) in [5, 5.41) is 41.1. The van der Waals surface area contributed by atoms with E-state index in [9.17, 15) is 15.8 Å². The summed E-state index contributed by atoms with van der Waals surface area (Å²) in [6.07, 6.45) is 12.2. The van der Waals surface area contributed by atoms with Crippen molar-refractivity contribution in [2.24, 2.45) is 17.3 Å². The molecule has 0 spiro atoms. The van der Waals surface area contributed by atoms with Crippen LogP contribution >= 0.6 is 11.8 Å². The molecule has 53 heavy (non-hydrogen) atoms.